The Balaban J connectivity index is 0.934. The number of pyridine rings is 1. The summed E-state index contributed by atoms with van der Waals surface area (Å²) >= 11 is 0. The summed E-state index contributed by atoms with van der Waals surface area (Å²) in [7, 11) is 0. The summed E-state index contributed by atoms with van der Waals surface area (Å²) in [5.41, 5.74) is -2.61. The first kappa shape index (κ1) is 35.7. The van der Waals surface area contributed by atoms with Crippen LogP contribution in [0, 0.1) is 41.4 Å². The Hall–Kier alpha value is -4.34. The summed E-state index contributed by atoms with van der Waals surface area (Å²) in [5, 5.41) is 26.0. The lowest BCUT2D eigenvalue weighted by atomic mass is 9.44. The molecule has 3 aromatic rings. The number of ketones is 3. The van der Waals surface area contributed by atoms with Crippen molar-refractivity contribution >= 4 is 34.1 Å². The number of fused-ring (bicyclic) bond motifs is 6. The molecule has 0 bridgehead atoms. The first-order chi connectivity index (χ1) is 25.1. The lowest BCUT2D eigenvalue weighted by Gasteiger charge is -2.62. The van der Waals surface area contributed by atoms with Crippen LogP contribution in [0.15, 0.2) is 78.7 Å². The van der Waals surface area contributed by atoms with Gasteiger partial charge in [0.2, 0.25) is 5.78 Å². The average molecular weight is 720 g/mol. The van der Waals surface area contributed by atoms with Gasteiger partial charge in [0.25, 0.3) is 0 Å². The molecule has 1 aromatic heterocycles. The van der Waals surface area contributed by atoms with Gasteiger partial charge in [0.15, 0.2) is 18.1 Å². The Kier molecular flexibility index (Phi) is 8.31. The van der Waals surface area contributed by atoms with Crippen LogP contribution in [0.4, 0.5) is 4.39 Å². The Morgan fingerprint density at radius 1 is 1.06 bits per heavy atom. The molecule has 5 aliphatic carbocycles. The monoisotopic (exact) mass is 719 g/mol. The smallest absolute Gasteiger partial charge is 0.338 e. The number of halogens is 1. The molecular weight excluding hydrogens is 673 g/mol. The Labute approximate surface area is 308 Å². The third-order valence-electron chi connectivity index (χ3n) is 14.1. The van der Waals surface area contributed by atoms with Crippen molar-refractivity contribution in [1.82, 2.24) is 4.98 Å². The van der Waals surface area contributed by atoms with Crippen molar-refractivity contribution in [2.24, 2.45) is 34.5 Å². The number of esters is 1. The fourth-order valence-electron chi connectivity index (χ4n) is 11.1. The van der Waals surface area contributed by atoms with Crippen LogP contribution < -0.4 is 0 Å². The van der Waals surface area contributed by atoms with E-state index in [4.69, 9.17) is 4.74 Å². The highest BCUT2D eigenvalue weighted by Crippen LogP contribution is 2.70. The van der Waals surface area contributed by atoms with E-state index < -0.39 is 64.3 Å². The van der Waals surface area contributed by atoms with E-state index in [1.165, 1.54) is 12.2 Å². The van der Waals surface area contributed by atoms with Crippen LogP contribution >= 0.6 is 0 Å². The first-order valence-electron chi connectivity index (χ1n) is 18.8. The number of rotatable bonds is 8. The second kappa shape index (κ2) is 12.4. The van der Waals surface area contributed by atoms with E-state index in [1.54, 1.807) is 45.0 Å². The highest BCUT2D eigenvalue weighted by molar-refractivity contribution is 6.01. The van der Waals surface area contributed by atoms with Gasteiger partial charge < -0.3 is 14.9 Å². The number of carbonyl (C=O) groups excluding carboxylic acids is 4. The molecule has 10 atom stereocenters. The molecule has 2 N–H and O–H groups in total. The summed E-state index contributed by atoms with van der Waals surface area (Å²) in [6, 6.07) is 12.9. The number of aryl methyl sites for hydroxylation is 1. The van der Waals surface area contributed by atoms with E-state index >= 15 is 4.39 Å². The molecule has 53 heavy (non-hydrogen) atoms. The molecule has 8 nitrogen and oxygen atoms in total. The molecule has 4 saturated carbocycles. The molecule has 0 radical (unpaired) electrons. The largest absolute Gasteiger partial charge is 0.454 e. The molecule has 5 aliphatic rings. The zero-order valence-electron chi connectivity index (χ0n) is 30.6. The minimum atomic E-state index is -2.08. The highest BCUT2D eigenvalue weighted by Gasteiger charge is 2.75. The second-order valence-electron chi connectivity index (χ2n) is 16.9. The van der Waals surface area contributed by atoms with Gasteiger partial charge in [-0.05, 0) is 110 Å². The van der Waals surface area contributed by atoms with Crippen molar-refractivity contribution in [1.29, 1.82) is 0 Å². The Morgan fingerprint density at radius 2 is 1.85 bits per heavy atom. The third-order valence-corrected chi connectivity index (χ3v) is 14.1. The lowest BCUT2D eigenvalue weighted by Crippen LogP contribution is -2.69. The molecule has 1 heterocycles. The number of ether oxygens (including phenoxy) is 1. The summed E-state index contributed by atoms with van der Waals surface area (Å²) in [6.45, 7) is 6.58. The van der Waals surface area contributed by atoms with E-state index in [-0.39, 0.29) is 35.4 Å². The summed E-state index contributed by atoms with van der Waals surface area (Å²) < 4.78 is 23.0. The normalized spacial score (nSPS) is 37.0. The van der Waals surface area contributed by atoms with Crippen molar-refractivity contribution in [2.45, 2.75) is 89.5 Å². The number of hydrogen-bond acceptors (Lipinski definition) is 8. The number of alkyl halides is 1. The third kappa shape index (κ3) is 5.24. The molecule has 0 aliphatic heterocycles. The lowest BCUT2D eigenvalue weighted by molar-refractivity contribution is -0.219. The van der Waals surface area contributed by atoms with Crippen molar-refractivity contribution in [3.8, 4) is 0 Å². The number of aliphatic hydroxyl groups excluding tert-OH is 1. The number of nitrogens with zero attached hydrogens (tertiary/aromatic N) is 1. The van der Waals surface area contributed by atoms with Crippen molar-refractivity contribution in [3.05, 3.63) is 101 Å². The van der Waals surface area contributed by atoms with Crippen LogP contribution in [0.1, 0.15) is 85.8 Å². The Bertz CT molecular complexity index is 2140. The van der Waals surface area contributed by atoms with E-state index in [1.807, 2.05) is 37.5 Å². The van der Waals surface area contributed by atoms with E-state index in [9.17, 15) is 29.4 Å². The van der Waals surface area contributed by atoms with Gasteiger partial charge in [0.05, 0.1) is 11.7 Å². The van der Waals surface area contributed by atoms with Gasteiger partial charge in [-0.2, -0.15) is 0 Å². The average Bonchev–Trinajstić information content (AvgIpc) is 3.91. The highest BCUT2D eigenvalue weighted by atomic mass is 19.1. The van der Waals surface area contributed by atoms with Crippen molar-refractivity contribution in [2.75, 3.05) is 6.61 Å². The summed E-state index contributed by atoms with van der Waals surface area (Å²) in [5.74, 6) is -3.25. The van der Waals surface area contributed by atoms with E-state index in [0.29, 0.717) is 37.7 Å². The molecule has 2 aromatic carbocycles. The summed E-state index contributed by atoms with van der Waals surface area (Å²) in [6.07, 6.45) is 8.65. The van der Waals surface area contributed by atoms with Gasteiger partial charge in [0, 0.05) is 46.9 Å². The van der Waals surface area contributed by atoms with Gasteiger partial charge in [-0.15, -0.1) is 0 Å². The molecule has 4 fully saturated rings. The molecule has 9 heteroatoms. The van der Waals surface area contributed by atoms with Gasteiger partial charge in [-0.1, -0.05) is 55.8 Å². The van der Waals surface area contributed by atoms with Gasteiger partial charge in [-0.3, -0.25) is 19.4 Å². The Morgan fingerprint density at radius 3 is 2.64 bits per heavy atom. The minimum Gasteiger partial charge on any atom is -0.454 e. The topological polar surface area (TPSA) is 131 Å². The fraction of sp³-hybridized carbons (Fsp3) is 0.477. The van der Waals surface area contributed by atoms with Gasteiger partial charge in [0.1, 0.15) is 11.4 Å². The zero-order chi connectivity index (χ0) is 37.7. The van der Waals surface area contributed by atoms with E-state index in [2.05, 4.69) is 11.1 Å². The molecular formula is C44H46FNO7. The van der Waals surface area contributed by atoms with Gasteiger partial charge in [-0.25, -0.2) is 9.18 Å². The number of hydrogen-bond donors (Lipinski definition) is 2. The minimum absolute atomic E-state index is 0.0150. The second-order valence-corrected chi connectivity index (χ2v) is 16.9. The zero-order valence-corrected chi connectivity index (χ0v) is 30.6. The summed E-state index contributed by atoms with van der Waals surface area (Å²) in [4.78, 5) is 57.0. The van der Waals surface area contributed by atoms with Crippen molar-refractivity contribution in [3.63, 3.8) is 0 Å². The maximum atomic E-state index is 17.5. The van der Waals surface area contributed by atoms with Gasteiger partial charge >= 0.3 is 5.97 Å². The number of allylic oxidation sites excluding steroid dienone is 4. The van der Waals surface area contributed by atoms with Crippen LogP contribution in [0.5, 0.6) is 0 Å². The molecule has 0 unspecified atom stereocenters. The van der Waals surface area contributed by atoms with Crippen LogP contribution in [0.2, 0.25) is 0 Å². The van der Waals surface area contributed by atoms with Crippen LogP contribution in [0.3, 0.4) is 0 Å². The molecule has 276 valence electrons. The molecule has 0 saturated heterocycles. The van der Waals surface area contributed by atoms with Crippen LogP contribution in [-0.4, -0.2) is 62.5 Å². The number of aromatic nitrogens is 1. The number of carbonyl (C=O) groups is 4. The number of Topliss-reactive ketones (excluding diaryl/α,β-unsaturated/α-hetero) is 2. The molecule has 0 spiro atoms. The van der Waals surface area contributed by atoms with Crippen molar-refractivity contribution < 1.29 is 38.5 Å². The predicted octanol–water partition coefficient (Wildman–Crippen LogP) is 6.53. The van der Waals surface area contributed by atoms with Crippen LogP contribution in [0.25, 0.3) is 10.8 Å². The molecule has 8 rings (SSSR count). The predicted molar refractivity (Wildman–Crippen MR) is 196 cm³/mol. The maximum absolute atomic E-state index is 17.5. The standard InChI is InChI=1S/C44H46FNO7/c1-24-21-46-22-29-9-8-26(15-32(24)29)16-37(48)34-19-33(34)27-6-5-7-28(17-27)40(51)53-23-39(50)44(52)25(2)14-36-35-11-10-30-18-31(47)12-13-41(30,3)43(35,45)38(49)20-42(36,44)4/h5-9,12-13,15,17-18,21-22,25,33-36,38,49,52H,10-11,14,16,19-20,23H2,1-4H3/t25-,33+,34-,35+,36+,38+,41+,42+,43+,44+/m1/s1. The van der Waals surface area contributed by atoms with Crippen LogP contribution in [-0.2, 0) is 25.5 Å². The van der Waals surface area contributed by atoms with E-state index in [0.717, 1.165) is 27.5 Å². The first-order valence-corrected chi connectivity index (χ1v) is 18.8. The number of aliphatic hydroxyl groups is 2. The quantitative estimate of drug-likeness (QED) is 0.252. The maximum Gasteiger partial charge on any atom is 0.338 e. The SMILES string of the molecule is Cc1cncc2ccc(CC(=O)[C@@H]3C[C@H]3c3cccc(C(=O)OCC(=O)[C@@]4(O)[C@H](C)C[C@H]5[C@@H]6CCC7=CC(=O)C=C[C@]7(C)[C@@]6(F)[C@@H](O)C[C@@]54C)c3)cc12. The number of benzene rings is 2. The molecule has 0 amide bonds. The fourth-order valence-corrected chi connectivity index (χ4v) is 11.1.